The molecule has 0 aromatic carbocycles. The number of carbonyl (C=O) groups is 2. The molecule has 0 spiro atoms. The van der Waals surface area contributed by atoms with Gasteiger partial charge in [0.15, 0.2) is 0 Å². The molecule has 2 fully saturated rings. The Morgan fingerprint density at radius 1 is 1.12 bits per heavy atom. The van der Waals surface area contributed by atoms with Gasteiger partial charge >= 0.3 is 11.8 Å². The van der Waals surface area contributed by atoms with E-state index in [2.05, 4.69) is 20.6 Å². The second-order valence-electron chi connectivity index (χ2n) is 7.33. The Morgan fingerprint density at radius 3 is 2.60 bits per heavy atom. The average Bonchev–Trinajstić information content (AvgIpc) is 2.85. The number of carbonyl (C=O) groups excluding carboxylic acids is 2. The number of piperidine rings is 2. The van der Waals surface area contributed by atoms with Crippen molar-refractivity contribution < 1.29 is 9.59 Å². The summed E-state index contributed by atoms with van der Waals surface area (Å²) < 4.78 is 1.70. The van der Waals surface area contributed by atoms with Crippen molar-refractivity contribution >= 4 is 17.5 Å². The van der Waals surface area contributed by atoms with E-state index in [-0.39, 0.29) is 0 Å². The molecule has 0 radical (unpaired) electrons. The van der Waals surface area contributed by atoms with Crippen LogP contribution in [0.15, 0.2) is 0 Å². The summed E-state index contributed by atoms with van der Waals surface area (Å²) in [5.74, 6) is -0.723. The maximum Gasteiger partial charge on any atom is 0.313 e. The van der Waals surface area contributed by atoms with Crippen LogP contribution >= 0.6 is 0 Å². The summed E-state index contributed by atoms with van der Waals surface area (Å²) >= 11 is 0. The Bertz CT molecular complexity index is 652. The minimum absolute atomic E-state index is 0.452. The van der Waals surface area contributed by atoms with Crippen molar-refractivity contribution in [2.24, 2.45) is 13.0 Å². The van der Waals surface area contributed by atoms with Crippen LogP contribution in [0.1, 0.15) is 43.5 Å². The van der Waals surface area contributed by atoms with E-state index in [1.54, 1.807) is 4.68 Å². The molecule has 2 amide bonds. The van der Waals surface area contributed by atoms with Crippen LogP contribution < -0.4 is 10.6 Å². The lowest BCUT2D eigenvalue weighted by Gasteiger charge is -2.44. The maximum absolute atomic E-state index is 12.2. The smallest absolute Gasteiger partial charge is 0.313 e. The highest BCUT2D eigenvalue weighted by Gasteiger charge is 2.33. The van der Waals surface area contributed by atoms with Crippen LogP contribution in [0.2, 0.25) is 0 Å². The van der Waals surface area contributed by atoms with Crippen LogP contribution in [-0.2, 0) is 16.6 Å². The van der Waals surface area contributed by atoms with Gasteiger partial charge in [-0.2, -0.15) is 5.10 Å². The van der Waals surface area contributed by atoms with Crippen LogP contribution in [0, 0.1) is 19.8 Å². The zero-order valence-corrected chi connectivity index (χ0v) is 15.5. The standard InChI is InChI=1S/C18H29N5O2/c1-12-16(13(2)22(3)21-12)20-18(25)17(24)19-11-14-7-6-10-23-9-5-4-8-15(14)23/h14-15H,4-11H2,1-3H3,(H,19,24)(H,20,25)/t14-,15?/m0/s1. The number of amides is 2. The van der Waals surface area contributed by atoms with Crippen molar-refractivity contribution in [3.8, 4) is 0 Å². The number of aromatic nitrogens is 2. The highest BCUT2D eigenvalue weighted by atomic mass is 16.2. The number of aryl methyl sites for hydroxylation is 2. The highest BCUT2D eigenvalue weighted by molar-refractivity contribution is 6.39. The van der Waals surface area contributed by atoms with E-state index >= 15 is 0 Å². The molecule has 0 bridgehead atoms. The summed E-state index contributed by atoms with van der Waals surface area (Å²) in [6.45, 7) is 6.62. The van der Waals surface area contributed by atoms with Gasteiger partial charge in [-0.25, -0.2) is 0 Å². The van der Waals surface area contributed by atoms with Crippen LogP contribution in [-0.4, -0.2) is 52.2 Å². The molecule has 0 saturated carbocycles. The molecule has 2 saturated heterocycles. The molecule has 2 aliphatic rings. The van der Waals surface area contributed by atoms with Crippen LogP contribution in [0.5, 0.6) is 0 Å². The van der Waals surface area contributed by atoms with Gasteiger partial charge < -0.3 is 15.5 Å². The Hall–Kier alpha value is -1.89. The normalized spacial score (nSPS) is 23.8. The monoisotopic (exact) mass is 347 g/mol. The van der Waals surface area contributed by atoms with Gasteiger partial charge in [-0.3, -0.25) is 14.3 Å². The fourth-order valence-corrected chi connectivity index (χ4v) is 4.24. The minimum atomic E-state index is -0.615. The van der Waals surface area contributed by atoms with Crippen LogP contribution in [0.3, 0.4) is 0 Å². The van der Waals surface area contributed by atoms with Gasteiger partial charge in [-0.15, -0.1) is 0 Å². The third kappa shape index (κ3) is 3.86. The Labute approximate surface area is 149 Å². The number of hydrogen-bond acceptors (Lipinski definition) is 4. The molecule has 1 aromatic rings. The fraction of sp³-hybridized carbons (Fsp3) is 0.722. The Morgan fingerprint density at radius 2 is 1.88 bits per heavy atom. The molecular weight excluding hydrogens is 318 g/mol. The van der Waals surface area contributed by atoms with E-state index in [1.165, 1.54) is 38.8 Å². The summed E-state index contributed by atoms with van der Waals surface area (Å²) in [7, 11) is 1.82. The average molecular weight is 347 g/mol. The summed E-state index contributed by atoms with van der Waals surface area (Å²) in [6.07, 6.45) is 6.06. The van der Waals surface area contributed by atoms with Crippen molar-refractivity contribution in [2.45, 2.75) is 52.0 Å². The van der Waals surface area contributed by atoms with Gasteiger partial charge in [0.1, 0.15) is 0 Å². The minimum Gasteiger partial charge on any atom is -0.347 e. The molecule has 3 rings (SSSR count). The van der Waals surface area contributed by atoms with Crippen LogP contribution in [0.25, 0.3) is 0 Å². The molecule has 1 aromatic heterocycles. The first-order chi connectivity index (χ1) is 12.0. The van der Waals surface area contributed by atoms with E-state index in [0.29, 0.717) is 29.9 Å². The predicted molar refractivity (Wildman–Crippen MR) is 96.3 cm³/mol. The number of anilines is 1. The second-order valence-corrected chi connectivity index (χ2v) is 7.33. The molecule has 2 atom stereocenters. The third-order valence-electron chi connectivity index (χ3n) is 5.71. The van der Waals surface area contributed by atoms with Gasteiger partial charge in [0.05, 0.1) is 17.1 Å². The summed E-state index contributed by atoms with van der Waals surface area (Å²) in [4.78, 5) is 27.0. The first-order valence-electron chi connectivity index (χ1n) is 9.30. The van der Waals surface area contributed by atoms with Gasteiger partial charge in [0, 0.05) is 19.6 Å². The zero-order valence-electron chi connectivity index (χ0n) is 15.5. The lowest BCUT2D eigenvalue weighted by Crippen LogP contribution is -2.51. The maximum atomic E-state index is 12.2. The molecule has 25 heavy (non-hydrogen) atoms. The fourth-order valence-electron chi connectivity index (χ4n) is 4.24. The molecule has 138 valence electrons. The number of nitrogens with zero attached hydrogens (tertiary/aromatic N) is 3. The van der Waals surface area contributed by atoms with E-state index < -0.39 is 11.8 Å². The molecule has 7 heteroatoms. The van der Waals surface area contributed by atoms with Crippen molar-refractivity contribution in [2.75, 3.05) is 25.0 Å². The Balaban J connectivity index is 1.54. The lowest BCUT2D eigenvalue weighted by molar-refractivity contribution is -0.136. The Kier molecular flexibility index (Phi) is 5.42. The van der Waals surface area contributed by atoms with Gasteiger partial charge in [-0.1, -0.05) is 6.42 Å². The number of rotatable bonds is 3. The van der Waals surface area contributed by atoms with Crippen LogP contribution in [0.4, 0.5) is 5.69 Å². The number of hydrogen-bond donors (Lipinski definition) is 2. The highest BCUT2D eigenvalue weighted by Crippen LogP contribution is 2.30. The summed E-state index contributed by atoms with van der Waals surface area (Å²) in [6, 6.07) is 0.564. The molecule has 2 aliphatic heterocycles. The molecule has 7 nitrogen and oxygen atoms in total. The number of nitrogens with one attached hydrogen (secondary N) is 2. The van der Waals surface area contributed by atoms with Crippen molar-refractivity contribution in [1.82, 2.24) is 20.0 Å². The molecule has 2 N–H and O–H groups in total. The summed E-state index contributed by atoms with van der Waals surface area (Å²) in [5.41, 5.74) is 2.17. The summed E-state index contributed by atoms with van der Waals surface area (Å²) in [5, 5.41) is 9.80. The zero-order chi connectivity index (χ0) is 18.0. The second kappa shape index (κ2) is 7.56. The third-order valence-corrected chi connectivity index (χ3v) is 5.71. The topological polar surface area (TPSA) is 79.3 Å². The lowest BCUT2D eigenvalue weighted by atomic mass is 9.83. The number of fused-ring (bicyclic) bond motifs is 1. The molecule has 1 unspecified atom stereocenters. The van der Waals surface area contributed by atoms with E-state index in [0.717, 1.165) is 12.1 Å². The van der Waals surface area contributed by atoms with Crippen molar-refractivity contribution in [3.63, 3.8) is 0 Å². The van der Waals surface area contributed by atoms with E-state index in [9.17, 15) is 9.59 Å². The van der Waals surface area contributed by atoms with E-state index in [1.807, 2.05) is 20.9 Å². The quantitative estimate of drug-likeness (QED) is 0.809. The molecular formula is C18H29N5O2. The first kappa shape index (κ1) is 17.9. The van der Waals surface area contributed by atoms with Gasteiger partial charge in [-0.05, 0) is 58.5 Å². The van der Waals surface area contributed by atoms with Crippen molar-refractivity contribution in [3.05, 3.63) is 11.4 Å². The van der Waals surface area contributed by atoms with Gasteiger partial charge in [0.25, 0.3) is 0 Å². The SMILES string of the molecule is Cc1nn(C)c(C)c1NC(=O)C(=O)NC[C@@H]1CCCN2CCCCC12. The van der Waals surface area contributed by atoms with Gasteiger partial charge in [0.2, 0.25) is 0 Å². The molecule has 0 aliphatic carbocycles. The molecule has 3 heterocycles. The first-order valence-corrected chi connectivity index (χ1v) is 9.30. The van der Waals surface area contributed by atoms with Crippen molar-refractivity contribution in [1.29, 1.82) is 0 Å². The predicted octanol–water partition coefficient (Wildman–Crippen LogP) is 1.36. The largest absolute Gasteiger partial charge is 0.347 e. The van der Waals surface area contributed by atoms with E-state index in [4.69, 9.17) is 0 Å².